The van der Waals surface area contributed by atoms with E-state index in [9.17, 15) is 9.59 Å². The van der Waals surface area contributed by atoms with Crippen LogP contribution < -0.4 is 10.2 Å². The highest BCUT2D eigenvalue weighted by molar-refractivity contribution is 6.02. The van der Waals surface area contributed by atoms with E-state index in [1.54, 1.807) is 0 Å². The summed E-state index contributed by atoms with van der Waals surface area (Å²) in [6.45, 7) is 0.737. The molecule has 1 aliphatic carbocycles. The quantitative estimate of drug-likeness (QED) is 0.730. The average Bonchev–Trinajstić information content (AvgIpc) is 2.74. The number of benzene rings is 2. The van der Waals surface area contributed by atoms with Crippen molar-refractivity contribution in [2.45, 2.75) is 50.9 Å². The number of aliphatic carboxylic acids is 1. The summed E-state index contributed by atoms with van der Waals surface area (Å²) in [6.07, 6.45) is 6.31. The molecule has 2 amide bonds. The van der Waals surface area contributed by atoms with Crippen LogP contribution in [0.3, 0.4) is 0 Å². The van der Waals surface area contributed by atoms with Crippen molar-refractivity contribution < 1.29 is 14.7 Å². The summed E-state index contributed by atoms with van der Waals surface area (Å²) in [5.41, 5.74) is 4.31. The number of carboxylic acid groups (broad SMARTS) is 1. The number of rotatable bonds is 4. The lowest BCUT2D eigenvalue weighted by molar-refractivity contribution is -0.138. The highest BCUT2D eigenvalue weighted by atomic mass is 16.4. The van der Waals surface area contributed by atoms with E-state index in [-0.39, 0.29) is 12.5 Å². The number of carbonyl (C=O) groups is 2. The van der Waals surface area contributed by atoms with Crippen molar-refractivity contribution in [3.8, 4) is 0 Å². The minimum atomic E-state index is -0.690. The molecule has 2 aromatic carbocycles. The third kappa shape index (κ3) is 4.61. The van der Waals surface area contributed by atoms with Crippen LogP contribution in [0.4, 0.5) is 16.2 Å². The molecular weight excluding hydrogens is 364 g/mol. The standard InChI is InChI=1S/C24H28N2O3/c27-23(28)16-17-7-9-18(10-8-17)19-11-13-21(14-12-19)25-24(29)26-15-3-5-20-4-1-2-6-22(20)26/h1-2,4,6,11-14,17-18H,3,5,7-10,15-16H2,(H,25,29)(H,27,28). The summed E-state index contributed by atoms with van der Waals surface area (Å²) >= 11 is 0. The summed E-state index contributed by atoms with van der Waals surface area (Å²) < 4.78 is 0. The molecule has 4 rings (SSSR count). The van der Waals surface area contributed by atoms with Crippen LogP contribution in [0.5, 0.6) is 0 Å². The number of anilines is 2. The number of hydrogen-bond acceptors (Lipinski definition) is 2. The molecule has 5 nitrogen and oxygen atoms in total. The Morgan fingerprint density at radius 1 is 1.00 bits per heavy atom. The number of nitrogens with zero attached hydrogens (tertiary/aromatic N) is 1. The van der Waals surface area contributed by atoms with Crippen molar-refractivity contribution in [3.63, 3.8) is 0 Å². The number of amides is 2. The maximum Gasteiger partial charge on any atom is 0.326 e. The van der Waals surface area contributed by atoms with Gasteiger partial charge in [-0.2, -0.15) is 0 Å². The van der Waals surface area contributed by atoms with Crippen molar-refractivity contribution in [1.82, 2.24) is 0 Å². The van der Waals surface area contributed by atoms with Gasteiger partial charge in [0.2, 0.25) is 0 Å². The van der Waals surface area contributed by atoms with Crippen molar-refractivity contribution >= 4 is 23.4 Å². The van der Waals surface area contributed by atoms with Crippen molar-refractivity contribution in [2.24, 2.45) is 5.92 Å². The maximum atomic E-state index is 12.8. The Kier molecular flexibility index (Phi) is 5.84. The third-order valence-electron chi connectivity index (χ3n) is 6.30. The minimum absolute atomic E-state index is 0.0842. The predicted octanol–water partition coefficient (Wildman–Crippen LogP) is 5.42. The number of fused-ring (bicyclic) bond motifs is 1. The number of hydrogen-bond donors (Lipinski definition) is 2. The number of aryl methyl sites for hydroxylation is 1. The SMILES string of the molecule is O=C(O)CC1CCC(c2ccc(NC(=O)N3CCCc4ccccc43)cc2)CC1. The topological polar surface area (TPSA) is 69.6 Å². The molecule has 1 heterocycles. The fraction of sp³-hybridized carbons (Fsp3) is 0.417. The molecule has 152 valence electrons. The van der Waals surface area contributed by atoms with Crippen LogP contribution in [0, 0.1) is 5.92 Å². The molecule has 0 saturated heterocycles. The summed E-state index contributed by atoms with van der Waals surface area (Å²) in [5, 5.41) is 12.0. The number of urea groups is 1. The summed E-state index contributed by atoms with van der Waals surface area (Å²) in [5.74, 6) is 0.110. The molecule has 1 fully saturated rings. The Labute approximate surface area is 171 Å². The highest BCUT2D eigenvalue weighted by Crippen LogP contribution is 2.37. The predicted molar refractivity (Wildman–Crippen MR) is 115 cm³/mol. The monoisotopic (exact) mass is 392 g/mol. The fourth-order valence-electron chi connectivity index (χ4n) is 4.72. The van der Waals surface area contributed by atoms with Crippen LogP contribution in [-0.4, -0.2) is 23.7 Å². The lowest BCUT2D eigenvalue weighted by atomic mass is 9.77. The molecule has 2 aromatic rings. The van der Waals surface area contributed by atoms with Gasteiger partial charge in [0.25, 0.3) is 0 Å². The summed E-state index contributed by atoms with van der Waals surface area (Å²) in [7, 11) is 0. The first kappa shape index (κ1) is 19.5. The summed E-state index contributed by atoms with van der Waals surface area (Å²) in [6, 6.07) is 16.2. The molecule has 5 heteroatoms. The van der Waals surface area contributed by atoms with Crippen molar-refractivity contribution in [1.29, 1.82) is 0 Å². The Morgan fingerprint density at radius 3 is 2.45 bits per heavy atom. The van der Waals surface area contributed by atoms with Crippen LogP contribution >= 0.6 is 0 Å². The van der Waals surface area contributed by atoms with Crippen LogP contribution in [0.2, 0.25) is 0 Å². The molecular formula is C24H28N2O3. The number of para-hydroxylation sites is 1. The zero-order chi connectivity index (χ0) is 20.2. The first-order chi connectivity index (χ1) is 14.1. The highest BCUT2D eigenvalue weighted by Gasteiger charge is 2.25. The number of carboxylic acids is 1. The van der Waals surface area contributed by atoms with Gasteiger partial charge in [0.15, 0.2) is 0 Å². The second kappa shape index (κ2) is 8.68. The van der Waals surface area contributed by atoms with Gasteiger partial charge in [-0.15, -0.1) is 0 Å². The molecule has 2 N–H and O–H groups in total. The van der Waals surface area contributed by atoms with E-state index in [0.717, 1.165) is 56.4 Å². The van der Waals surface area contributed by atoms with E-state index in [0.29, 0.717) is 11.8 Å². The molecule has 0 radical (unpaired) electrons. The molecule has 1 aliphatic heterocycles. The van der Waals surface area contributed by atoms with Gasteiger partial charge in [-0.1, -0.05) is 30.3 Å². The van der Waals surface area contributed by atoms with Gasteiger partial charge in [-0.3, -0.25) is 9.69 Å². The largest absolute Gasteiger partial charge is 0.481 e. The van der Waals surface area contributed by atoms with E-state index >= 15 is 0 Å². The van der Waals surface area contributed by atoms with Gasteiger partial charge < -0.3 is 10.4 Å². The molecule has 1 saturated carbocycles. The van der Waals surface area contributed by atoms with Crippen molar-refractivity contribution in [3.05, 3.63) is 59.7 Å². The molecule has 0 spiro atoms. The number of nitrogens with one attached hydrogen (secondary N) is 1. The van der Waals surface area contributed by atoms with Crippen LogP contribution in [0.15, 0.2) is 48.5 Å². The van der Waals surface area contributed by atoms with E-state index in [1.807, 2.05) is 35.2 Å². The normalized spacial score (nSPS) is 21.3. The fourth-order valence-corrected chi connectivity index (χ4v) is 4.72. The number of carbonyl (C=O) groups excluding carboxylic acids is 1. The van der Waals surface area contributed by atoms with Gasteiger partial charge in [0, 0.05) is 24.3 Å². The van der Waals surface area contributed by atoms with Crippen LogP contribution in [-0.2, 0) is 11.2 Å². The lowest BCUT2D eigenvalue weighted by Crippen LogP contribution is -2.38. The maximum absolute atomic E-state index is 12.8. The molecule has 2 aliphatic rings. The first-order valence-corrected chi connectivity index (χ1v) is 10.6. The second-order valence-electron chi connectivity index (χ2n) is 8.25. The smallest absolute Gasteiger partial charge is 0.326 e. The Morgan fingerprint density at radius 2 is 1.72 bits per heavy atom. The minimum Gasteiger partial charge on any atom is -0.481 e. The Hall–Kier alpha value is -2.82. The third-order valence-corrected chi connectivity index (χ3v) is 6.30. The lowest BCUT2D eigenvalue weighted by Gasteiger charge is -2.30. The van der Waals surface area contributed by atoms with Crippen molar-refractivity contribution in [2.75, 3.05) is 16.8 Å². The van der Waals surface area contributed by atoms with Gasteiger partial charge in [-0.05, 0) is 79.7 Å². The van der Waals surface area contributed by atoms with Crippen LogP contribution in [0.25, 0.3) is 0 Å². The molecule has 29 heavy (non-hydrogen) atoms. The van der Waals surface area contributed by atoms with Gasteiger partial charge in [0.05, 0.1) is 0 Å². The second-order valence-corrected chi connectivity index (χ2v) is 8.25. The van der Waals surface area contributed by atoms with Gasteiger partial charge >= 0.3 is 12.0 Å². The zero-order valence-electron chi connectivity index (χ0n) is 16.6. The first-order valence-electron chi connectivity index (χ1n) is 10.6. The molecule has 0 atom stereocenters. The van der Waals surface area contributed by atoms with E-state index in [1.165, 1.54) is 11.1 Å². The van der Waals surface area contributed by atoms with Crippen LogP contribution in [0.1, 0.15) is 55.6 Å². The summed E-state index contributed by atoms with van der Waals surface area (Å²) in [4.78, 5) is 25.5. The van der Waals surface area contributed by atoms with Gasteiger partial charge in [-0.25, -0.2) is 4.79 Å². The molecule has 0 bridgehead atoms. The van der Waals surface area contributed by atoms with Gasteiger partial charge in [0.1, 0.15) is 0 Å². The molecule has 0 unspecified atom stereocenters. The average molecular weight is 392 g/mol. The van der Waals surface area contributed by atoms with E-state index in [4.69, 9.17) is 5.11 Å². The zero-order valence-corrected chi connectivity index (χ0v) is 16.6. The Balaban J connectivity index is 1.36. The van der Waals surface area contributed by atoms with E-state index < -0.39 is 5.97 Å². The molecule has 0 aromatic heterocycles. The Bertz CT molecular complexity index is 870. The van der Waals surface area contributed by atoms with E-state index in [2.05, 4.69) is 23.5 Å².